The van der Waals surface area contributed by atoms with Crippen molar-refractivity contribution in [2.75, 3.05) is 27.2 Å². The zero-order chi connectivity index (χ0) is 18.1. The van der Waals surface area contributed by atoms with Crippen LogP contribution >= 0.6 is 0 Å². The highest BCUT2D eigenvalue weighted by Gasteiger charge is 2.44. The third-order valence-electron chi connectivity index (χ3n) is 4.86. The first-order valence-electron chi connectivity index (χ1n) is 9.21. The fourth-order valence-corrected chi connectivity index (χ4v) is 3.48. The Morgan fingerprint density at radius 1 is 1.16 bits per heavy atom. The van der Waals surface area contributed by atoms with Gasteiger partial charge in [0.25, 0.3) is 5.91 Å². The van der Waals surface area contributed by atoms with Crippen LogP contribution in [0.4, 0.5) is 0 Å². The van der Waals surface area contributed by atoms with Gasteiger partial charge in [0.1, 0.15) is 0 Å². The van der Waals surface area contributed by atoms with E-state index in [1.165, 1.54) is 12.8 Å². The first-order valence-corrected chi connectivity index (χ1v) is 9.21. The van der Waals surface area contributed by atoms with Gasteiger partial charge < -0.3 is 10.4 Å². The number of benzene rings is 1. The number of carbonyl (C=O) groups is 1. The number of carbonyl (C=O) groups excluding carboxylic acids is 1. The lowest BCUT2D eigenvalue weighted by molar-refractivity contribution is -0.148. The molecule has 0 heterocycles. The molecule has 4 heteroatoms. The lowest BCUT2D eigenvalue weighted by Gasteiger charge is -2.35. The van der Waals surface area contributed by atoms with Gasteiger partial charge in [-0.15, -0.1) is 0 Å². The predicted octanol–water partition coefficient (Wildman–Crippen LogP) is 2.53. The summed E-state index contributed by atoms with van der Waals surface area (Å²) in [6.07, 6.45) is 6.25. The average molecular weight is 342 g/mol. The second-order valence-electron chi connectivity index (χ2n) is 7.09. The molecule has 0 radical (unpaired) electrons. The van der Waals surface area contributed by atoms with Crippen LogP contribution in [-0.2, 0) is 10.4 Å². The molecule has 0 bridgehead atoms. The quantitative estimate of drug-likeness (QED) is 0.639. The van der Waals surface area contributed by atoms with E-state index in [-0.39, 0.29) is 18.4 Å². The molecule has 1 atom stereocenters. The van der Waals surface area contributed by atoms with Crippen molar-refractivity contribution < 1.29 is 9.90 Å². The van der Waals surface area contributed by atoms with Gasteiger partial charge in [-0.25, -0.2) is 0 Å². The summed E-state index contributed by atoms with van der Waals surface area (Å²) < 4.78 is 0. The summed E-state index contributed by atoms with van der Waals surface area (Å²) in [4.78, 5) is 14.9. The topological polar surface area (TPSA) is 52.6 Å². The van der Waals surface area contributed by atoms with Gasteiger partial charge in [-0.3, -0.25) is 9.69 Å². The van der Waals surface area contributed by atoms with Crippen molar-refractivity contribution in [3.05, 3.63) is 35.9 Å². The van der Waals surface area contributed by atoms with Crippen molar-refractivity contribution in [1.82, 2.24) is 10.2 Å². The van der Waals surface area contributed by atoms with Gasteiger partial charge in [0, 0.05) is 5.92 Å². The maximum Gasteiger partial charge on any atom is 0.257 e. The molecule has 1 unspecified atom stereocenters. The van der Waals surface area contributed by atoms with Crippen LogP contribution in [0.25, 0.3) is 0 Å². The first kappa shape index (κ1) is 19.5. The van der Waals surface area contributed by atoms with Crippen LogP contribution < -0.4 is 5.32 Å². The maximum atomic E-state index is 12.9. The van der Waals surface area contributed by atoms with E-state index in [1.807, 2.05) is 49.3 Å². The Morgan fingerprint density at radius 2 is 1.80 bits per heavy atom. The van der Waals surface area contributed by atoms with Gasteiger partial charge in [0.15, 0.2) is 5.60 Å². The van der Waals surface area contributed by atoms with Crippen LogP contribution in [0.5, 0.6) is 0 Å². The predicted molar refractivity (Wildman–Crippen MR) is 101 cm³/mol. The summed E-state index contributed by atoms with van der Waals surface area (Å²) in [5.74, 6) is 5.57. The summed E-state index contributed by atoms with van der Waals surface area (Å²) in [6.45, 7) is 0.913. The Labute approximate surface area is 151 Å². The highest BCUT2D eigenvalue weighted by molar-refractivity contribution is 5.86. The van der Waals surface area contributed by atoms with Crippen molar-refractivity contribution in [3.8, 4) is 11.8 Å². The molecule has 2 rings (SSSR count). The van der Waals surface area contributed by atoms with E-state index in [2.05, 4.69) is 17.2 Å². The van der Waals surface area contributed by atoms with E-state index in [0.29, 0.717) is 12.1 Å². The van der Waals surface area contributed by atoms with E-state index >= 15 is 0 Å². The Bertz CT molecular complexity index is 595. The Balaban J connectivity index is 2.15. The fraction of sp³-hybridized carbons (Fsp3) is 0.571. The first-order chi connectivity index (χ1) is 12.0. The van der Waals surface area contributed by atoms with E-state index in [9.17, 15) is 9.90 Å². The van der Waals surface area contributed by atoms with Gasteiger partial charge in [-0.1, -0.05) is 67.9 Å². The van der Waals surface area contributed by atoms with E-state index < -0.39 is 5.60 Å². The molecule has 1 aromatic carbocycles. The molecule has 1 fully saturated rings. The number of nitrogens with zero attached hydrogens (tertiary/aromatic N) is 1. The average Bonchev–Trinajstić information content (AvgIpc) is 2.90. The van der Waals surface area contributed by atoms with Crippen LogP contribution in [0.3, 0.4) is 0 Å². The zero-order valence-corrected chi connectivity index (χ0v) is 15.4. The molecule has 1 saturated carbocycles. The summed E-state index contributed by atoms with van der Waals surface area (Å²) >= 11 is 0. The third kappa shape index (κ3) is 5.32. The van der Waals surface area contributed by atoms with Crippen molar-refractivity contribution in [3.63, 3.8) is 0 Å². The second kappa shape index (κ2) is 9.60. The molecule has 1 aliphatic rings. The molecule has 0 aromatic heterocycles. The van der Waals surface area contributed by atoms with Gasteiger partial charge in [0.2, 0.25) is 0 Å². The van der Waals surface area contributed by atoms with Crippen LogP contribution in [0.2, 0.25) is 0 Å². The van der Waals surface area contributed by atoms with Crippen molar-refractivity contribution in [1.29, 1.82) is 0 Å². The summed E-state index contributed by atoms with van der Waals surface area (Å²) in [6, 6.07) is 9.36. The van der Waals surface area contributed by atoms with Crippen LogP contribution in [0, 0.1) is 17.8 Å². The minimum absolute atomic E-state index is 0.0489. The van der Waals surface area contributed by atoms with Crippen LogP contribution in [0.15, 0.2) is 30.3 Å². The molecule has 0 aliphatic heterocycles. The molecule has 1 aromatic rings. The van der Waals surface area contributed by atoms with Gasteiger partial charge >= 0.3 is 0 Å². The monoisotopic (exact) mass is 342 g/mol. The van der Waals surface area contributed by atoms with Crippen LogP contribution in [0.1, 0.15) is 44.1 Å². The van der Waals surface area contributed by atoms with E-state index in [1.54, 1.807) is 0 Å². The number of amides is 1. The minimum atomic E-state index is -1.48. The highest BCUT2D eigenvalue weighted by Crippen LogP contribution is 2.38. The third-order valence-corrected chi connectivity index (χ3v) is 4.86. The van der Waals surface area contributed by atoms with Crippen molar-refractivity contribution in [2.45, 2.75) is 44.1 Å². The molecule has 2 N–H and O–H groups in total. The molecule has 1 aliphatic carbocycles. The number of aliphatic hydroxyl groups is 1. The van der Waals surface area contributed by atoms with Gasteiger partial charge in [-0.2, -0.15) is 0 Å². The molecule has 25 heavy (non-hydrogen) atoms. The van der Waals surface area contributed by atoms with Crippen LogP contribution in [-0.4, -0.2) is 43.1 Å². The van der Waals surface area contributed by atoms with E-state index in [4.69, 9.17) is 0 Å². The molecular weight excluding hydrogens is 312 g/mol. The highest BCUT2D eigenvalue weighted by atomic mass is 16.3. The standard InChI is InChI=1S/C21H30N2O2/c1-23(2)17-11-10-16-22-20(24)21(25,19-14-8-5-9-15-19)18-12-6-3-4-7-13-18/h5,8-9,14-15,18,25H,3-4,6-7,12-13,16-17H2,1-2H3,(H,22,24). The summed E-state index contributed by atoms with van der Waals surface area (Å²) in [5, 5.41) is 14.3. The molecule has 0 saturated heterocycles. The molecular formula is C21H30N2O2. The Hall–Kier alpha value is -1.83. The van der Waals surface area contributed by atoms with E-state index in [0.717, 1.165) is 25.7 Å². The lowest BCUT2D eigenvalue weighted by atomic mass is 9.76. The lowest BCUT2D eigenvalue weighted by Crippen LogP contribution is -2.49. The smallest absolute Gasteiger partial charge is 0.257 e. The Kier molecular flexibility index (Phi) is 7.49. The van der Waals surface area contributed by atoms with Gasteiger partial charge in [-0.05, 0) is 32.5 Å². The summed E-state index contributed by atoms with van der Waals surface area (Å²) in [7, 11) is 3.90. The SMILES string of the molecule is CN(C)CC#CCNC(=O)C(O)(c1ccccc1)C1CCCCCC1. The number of rotatable bonds is 5. The number of hydrogen-bond acceptors (Lipinski definition) is 3. The molecule has 0 spiro atoms. The second-order valence-corrected chi connectivity index (χ2v) is 7.09. The van der Waals surface area contributed by atoms with Crippen molar-refractivity contribution in [2.24, 2.45) is 5.92 Å². The normalized spacial score (nSPS) is 17.9. The molecule has 1 amide bonds. The largest absolute Gasteiger partial charge is 0.375 e. The van der Waals surface area contributed by atoms with Crippen molar-refractivity contribution >= 4 is 5.91 Å². The maximum absolute atomic E-state index is 12.9. The number of nitrogens with one attached hydrogen (secondary N) is 1. The van der Waals surface area contributed by atoms with Gasteiger partial charge in [0.05, 0.1) is 13.1 Å². The molecule has 4 nitrogen and oxygen atoms in total. The fourth-order valence-electron chi connectivity index (χ4n) is 3.48. The molecule has 136 valence electrons. The zero-order valence-electron chi connectivity index (χ0n) is 15.4. The minimum Gasteiger partial charge on any atom is -0.375 e. The summed E-state index contributed by atoms with van der Waals surface area (Å²) in [5.41, 5.74) is -0.796. The Morgan fingerprint density at radius 3 is 2.40 bits per heavy atom. The number of hydrogen-bond donors (Lipinski definition) is 2.